The van der Waals surface area contributed by atoms with E-state index in [1.54, 1.807) is 12.3 Å². The average Bonchev–Trinajstić information content (AvgIpc) is 4.10. The molecule has 8 aromatic rings. The third kappa shape index (κ3) is 9.11. The van der Waals surface area contributed by atoms with E-state index in [0.717, 1.165) is 54.1 Å². The fourth-order valence-electron chi connectivity index (χ4n) is 7.32. The number of hydrogen-bond donors (Lipinski definition) is 3. The van der Waals surface area contributed by atoms with Crippen LogP contribution in [0.15, 0.2) is 155 Å². The third-order valence-corrected chi connectivity index (χ3v) is 10.2. The molecule has 2 atom stereocenters. The van der Waals surface area contributed by atoms with Gasteiger partial charge in [-0.05, 0) is 60.1 Å². The van der Waals surface area contributed by atoms with Crippen molar-refractivity contribution >= 4 is 11.9 Å². The molecule has 0 saturated heterocycles. The van der Waals surface area contributed by atoms with E-state index in [0.29, 0.717) is 24.4 Å². The summed E-state index contributed by atoms with van der Waals surface area (Å²) in [6.45, 7) is 0. The molecule has 0 aliphatic carbocycles. The highest BCUT2D eigenvalue weighted by Gasteiger charge is 2.26. The molecule has 6 heterocycles. The number of aromatic carboxylic acids is 1. The largest absolute Gasteiger partial charge is 0.476 e. The molecule has 2 aliphatic rings. The summed E-state index contributed by atoms with van der Waals surface area (Å²) in [5.41, 5.74) is 13.4. The van der Waals surface area contributed by atoms with Crippen LogP contribution in [0.5, 0.6) is 0 Å². The molecule has 4 N–H and O–H groups in total. The molecule has 0 fully saturated rings. The number of imidazole rings is 2. The van der Waals surface area contributed by atoms with Crippen molar-refractivity contribution in [2.24, 2.45) is 5.73 Å². The van der Waals surface area contributed by atoms with Gasteiger partial charge in [-0.15, -0.1) is 0 Å². The maximum Gasteiger partial charge on any atom is 0.358 e. The average molecular weight is 787 g/mol. The summed E-state index contributed by atoms with van der Waals surface area (Å²) in [4.78, 5) is 32.2. The fraction of sp³-hybridized carbons (Fsp3) is 0.174. The topological polar surface area (TPSA) is 180 Å². The summed E-state index contributed by atoms with van der Waals surface area (Å²) >= 11 is 0. The lowest BCUT2D eigenvalue weighted by Gasteiger charge is -2.15. The molecular weight excluding hydrogens is 745 g/mol. The number of hydrogen-bond acceptors (Lipinski definition) is 9. The number of carboxylic acids is 1. The zero-order valence-electron chi connectivity index (χ0n) is 32.1. The molecular formula is C46H42N8O5. The Labute approximate surface area is 340 Å². The van der Waals surface area contributed by atoms with E-state index in [2.05, 4.69) is 71.1 Å². The Kier molecular flexibility index (Phi) is 11.6. The highest BCUT2D eigenvalue weighted by molar-refractivity contribution is 5.92. The number of amides is 1. The molecule has 0 spiro atoms. The van der Waals surface area contributed by atoms with E-state index in [1.165, 1.54) is 22.9 Å². The molecule has 13 heteroatoms. The monoisotopic (exact) mass is 786 g/mol. The number of nitrogens with one attached hydrogen (secondary N) is 1. The molecule has 1 amide bonds. The van der Waals surface area contributed by atoms with Gasteiger partial charge in [0.15, 0.2) is 11.4 Å². The van der Waals surface area contributed by atoms with Crippen LogP contribution in [-0.4, -0.2) is 46.4 Å². The summed E-state index contributed by atoms with van der Waals surface area (Å²) < 4.78 is 14.4. The van der Waals surface area contributed by atoms with Crippen molar-refractivity contribution in [3.05, 3.63) is 203 Å². The van der Waals surface area contributed by atoms with Crippen LogP contribution in [0.1, 0.15) is 91.3 Å². The predicted molar refractivity (Wildman–Crippen MR) is 219 cm³/mol. The Morgan fingerprint density at radius 1 is 0.661 bits per heavy atom. The number of aryl methyl sites for hydroxylation is 2. The van der Waals surface area contributed by atoms with E-state index < -0.39 is 5.97 Å². The molecule has 59 heavy (non-hydrogen) atoms. The number of carboxylic acid groups (broad SMARTS) is 1. The van der Waals surface area contributed by atoms with Crippen molar-refractivity contribution in [2.75, 3.05) is 0 Å². The van der Waals surface area contributed by atoms with Gasteiger partial charge in [0, 0.05) is 61.1 Å². The van der Waals surface area contributed by atoms with Gasteiger partial charge in [-0.2, -0.15) is 0 Å². The van der Waals surface area contributed by atoms with Crippen molar-refractivity contribution in [2.45, 2.75) is 50.6 Å². The lowest BCUT2D eigenvalue weighted by atomic mass is 10.1. The Morgan fingerprint density at radius 2 is 1.15 bits per heavy atom. The first-order valence-electron chi connectivity index (χ1n) is 19.4. The van der Waals surface area contributed by atoms with Gasteiger partial charge in [0.25, 0.3) is 5.91 Å². The van der Waals surface area contributed by atoms with Crippen LogP contribution >= 0.6 is 0 Å². The van der Waals surface area contributed by atoms with Crippen molar-refractivity contribution < 1.29 is 23.7 Å². The minimum Gasteiger partial charge on any atom is -0.476 e. The standard InChI is InChI=1S/C23H20N4O2.C12H13N3.C11H9NO3/c28-23(20-15-18(29-26-20)14-16-6-2-1-3-7-16)25-19-11-10-17-8-4-5-9-21(17)27-13-12-24-22(19)27;13-10-6-5-9-3-1-2-4-11(9)15-8-7-14-12(10)15;13-11(14)10-7-9(15-12-10)6-8-4-2-1-3-5-8/h1-9,12-13,15,19H,10-11,14H2,(H,25,28);1-4,7-8,10H,5-6,13H2;1-5,7H,6H2,(H,13,14)/t19-;10-;/m00./s1. The number of carbonyl (C=O) groups excluding carboxylic acids is 1. The first kappa shape index (κ1) is 38.5. The first-order valence-corrected chi connectivity index (χ1v) is 19.4. The number of nitrogens with zero attached hydrogens (tertiary/aromatic N) is 6. The SMILES string of the molecule is N[C@H]1CCc2ccccc2-n2ccnc21.O=C(N[C@H]1CCc2ccccc2-n2ccnc21)c1cc(Cc2ccccc2)on1.O=C(O)c1cc(Cc2ccccc2)on1. The second-order valence-electron chi connectivity index (χ2n) is 14.3. The van der Waals surface area contributed by atoms with Crippen molar-refractivity contribution in [3.8, 4) is 11.4 Å². The van der Waals surface area contributed by atoms with Crippen LogP contribution in [0.25, 0.3) is 11.4 Å². The molecule has 0 unspecified atom stereocenters. The van der Waals surface area contributed by atoms with Gasteiger partial charge in [0.1, 0.15) is 23.2 Å². The van der Waals surface area contributed by atoms with Gasteiger partial charge in [-0.1, -0.05) is 107 Å². The van der Waals surface area contributed by atoms with Crippen molar-refractivity contribution in [3.63, 3.8) is 0 Å². The van der Waals surface area contributed by atoms with E-state index in [4.69, 9.17) is 19.9 Å². The van der Waals surface area contributed by atoms with Crippen LogP contribution in [0, 0.1) is 0 Å². The quantitative estimate of drug-likeness (QED) is 0.145. The predicted octanol–water partition coefficient (Wildman–Crippen LogP) is 7.65. The van der Waals surface area contributed by atoms with Gasteiger partial charge < -0.3 is 34.3 Å². The highest BCUT2D eigenvalue weighted by atomic mass is 16.5. The lowest BCUT2D eigenvalue weighted by Crippen LogP contribution is -2.30. The van der Waals surface area contributed by atoms with Crippen molar-refractivity contribution in [1.82, 2.24) is 34.7 Å². The summed E-state index contributed by atoms with van der Waals surface area (Å²) in [6.07, 6.45) is 12.3. The fourth-order valence-corrected chi connectivity index (χ4v) is 7.32. The zero-order chi connectivity index (χ0) is 40.6. The van der Waals surface area contributed by atoms with E-state index in [-0.39, 0.29) is 29.4 Å². The van der Waals surface area contributed by atoms with Crippen LogP contribution in [0.3, 0.4) is 0 Å². The van der Waals surface area contributed by atoms with E-state index >= 15 is 0 Å². The highest BCUT2D eigenvalue weighted by Crippen LogP contribution is 2.29. The Morgan fingerprint density at radius 3 is 1.73 bits per heavy atom. The maximum absolute atomic E-state index is 12.8. The molecule has 13 nitrogen and oxygen atoms in total. The number of para-hydroxylation sites is 2. The van der Waals surface area contributed by atoms with Gasteiger partial charge in [-0.25, -0.2) is 14.8 Å². The second kappa shape index (κ2) is 17.8. The number of benzene rings is 4. The van der Waals surface area contributed by atoms with Gasteiger partial charge >= 0.3 is 5.97 Å². The number of rotatable bonds is 7. The number of carbonyl (C=O) groups is 2. The van der Waals surface area contributed by atoms with E-state index in [9.17, 15) is 9.59 Å². The van der Waals surface area contributed by atoms with Crippen LogP contribution < -0.4 is 11.1 Å². The van der Waals surface area contributed by atoms with Crippen LogP contribution in [-0.2, 0) is 25.7 Å². The Balaban J connectivity index is 0.000000136. The van der Waals surface area contributed by atoms with Crippen LogP contribution in [0.2, 0.25) is 0 Å². The number of aromatic nitrogens is 6. The smallest absolute Gasteiger partial charge is 0.358 e. The zero-order valence-corrected chi connectivity index (χ0v) is 32.1. The lowest BCUT2D eigenvalue weighted by molar-refractivity contribution is 0.0685. The summed E-state index contributed by atoms with van der Waals surface area (Å²) in [5.74, 6) is 1.70. The summed E-state index contributed by atoms with van der Waals surface area (Å²) in [6, 6.07) is 39.3. The van der Waals surface area contributed by atoms with E-state index in [1.807, 2.05) is 91.4 Å². The van der Waals surface area contributed by atoms with Gasteiger partial charge in [-0.3, -0.25) is 4.79 Å². The van der Waals surface area contributed by atoms with Crippen LogP contribution in [0.4, 0.5) is 0 Å². The first-order chi connectivity index (χ1) is 28.9. The van der Waals surface area contributed by atoms with Gasteiger partial charge in [0.05, 0.1) is 12.1 Å². The third-order valence-electron chi connectivity index (χ3n) is 10.2. The summed E-state index contributed by atoms with van der Waals surface area (Å²) in [5, 5.41) is 19.1. The molecule has 4 aromatic carbocycles. The molecule has 296 valence electrons. The number of fused-ring (bicyclic) bond motifs is 6. The molecule has 4 aromatic heterocycles. The molecule has 0 bridgehead atoms. The molecule has 10 rings (SSSR count). The Bertz CT molecular complexity index is 2650. The molecule has 2 aliphatic heterocycles. The number of nitrogens with two attached hydrogens (primary N) is 1. The minimum absolute atomic E-state index is 0.0485. The second-order valence-corrected chi connectivity index (χ2v) is 14.3. The van der Waals surface area contributed by atoms with Crippen molar-refractivity contribution in [1.29, 1.82) is 0 Å². The molecule has 0 saturated carbocycles. The maximum atomic E-state index is 12.8. The minimum atomic E-state index is -1.07. The van der Waals surface area contributed by atoms with Gasteiger partial charge in [0.2, 0.25) is 0 Å². The normalized spacial score (nSPS) is 14.9. The summed E-state index contributed by atoms with van der Waals surface area (Å²) in [7, 11) is 0. The molecule has 0 radical (unpaired) electrons. The Hall–Kier alpha value is -7.38.